The second-order valence-electron chi connectivity index (χ2n) is 7.06. The Morgan fingerprint density at radius 3 is 2.08 bits per heavy atom. The highest BCUT2D eigenvalue weighted by Crippen LogP contribution is 2.42. The largest absolute Gasteiger partial charge is 0.426 e. The maximum atomic E-state index is 12.2. The second-order valence-corrected chi connectivity index (χ2v) is 7.06. The summed E-state index contributed by atoms with van der Waals surface area (Å²) in [7, 11) is 7.23. The van der Waals surface area contributed by atoms with Crippen molar-refractivity contribution >= 4 is 19.5 Å². The van der Waals surface area contributed by atoms with E-state index in [2.05, 4.69) is 5.32 Å². The van der Waals surface area contributed by atoms with E-state index in [-0.39, 0.29) is 24.5 Å². The molecule has 5 heteroatoms. The molecule has 0 heterocycles. The summed E-state index contributed by atoms with van der Waals surface area (Å²) < 4.78 is 5.73. The minimum atomic E-state index is -0.516. The first-order valence-electron chi connectivity index (χ1n) is 8.27. The number of hydrogen-bond donors (Lipinski definition) is 1. The van der Waals surface area contributed by atoms with E-state index in [1.54, 1.807) is 7.05 Å². The predicted molar refractivity (Wildman–Crippen MR) is 98.0 cm³/mol. The van der Waals surface area contributed by atoms with E-state index in [0.717, 1.165) is 27.8 Å². The van der Waals surface area contributed by atoms with Gasteiger partial charge in [-0.3, -0.25) is 4.79 Å². The third-order valence-electron chi connectivity index (χ3n) is 4.72. The molecule has 0 spiro atoms. The number of ether oxygens (including phenoxy) is 1. The summed E-state index contributed by atoms with van der Waals surface area (Å²) >= 11 is 0. The Morgan fingerprint density at radius 2 is 1.58 bits per heavy atom. The highest BCUT2D eigenvalue weighted by atomic mass is 16.5. The van der Waals surface area contributed by atoms with Gasteiger partial charge < -0.3 is 14.8 Å². The van der Waals surface area contributed by atoms with Crippen LogP contribution in [0.3, 0.4) is 0 Å². The topological polar surface area (TPSA) is 55.4 Å². The Hall–Kier alpha value is -1.62. The van der Waals surface area contributed by atoms with E-state index in [0.29, 0.717) is 12.3 Å². The molecular weight excluding hydrogens is 301 g/mol. The first-order chi connectivity index (χ1) is 11.0. The average molecular weight is 329 g/mol. The maximum absolute atomic E-state index is 12.2. The number of benzene rings is 1. The van der Waals surface area contributed by atoms with Gasteiger partial charge in [0.15, 0.2) is 7.85 Å². The van der Waals surface area contributed by atoms with Crippen LogP contribution in [0, 0.1) is 27.7 Å². The first-order valence-corrected chi connectivity index (χ1v) is 8.27. The number of hydrogen-bond acceptors (Lipinski definition) is 4. The first kappa shape index (κ1) is 20.4. The molecule has 0 aliphatic heterocycles. The Bertz CT molecular complexity index is 651. The van der Waals surface area contributed by atoms with Crippen LogP contribution < -0.4 is 10.1 Å². The summed E-state index contributed by atoms with van der Waals surface area (Å²) in [6.07, 6.45) is 0.481. The molecule has 0 bridgehead atoms. The van der Waals surface area contributed by atoms with Crippen LogP contribution in [0.25, 0.3) is 0 Å². The van der Waals surface area contributed by atoms with Crippen LogP contribution in [0.4, 0.5) is 0 Å². The van der Waals surface area contributed by atoms with Crippen molar-refractivity contribution < 1.29 is 14.3 Å². The van der Waals surface area contributed by atoms with Crippen molar-refractivity contribution in [2.24, 2.45) is 0 Å². The third-order valence-corrected chi connectivity index (χ3v) is 4.72. The normalized spacial score (nSPS) is 11.5. The lowest BCUT2D eigenvalue weighted by atomic mass is 9.72. The standard InChI is InChI=1S/C19H28BNO3/c1-11-12(2)14(4)18(24-16(23)8-9-21-7)17(13(11)3)19(5,6)10-15(20)22/h21H,8-10H2,1-7H3. The van der Waals surface area contributed by atoms with Gasteiger partial charge in [-0.25, -0.2) is 0 Å². The molecule has 0 amide bonds. The second kappa shape index (κ2) is 7.97. The number of carbonyl (C=O) groups excluding carboxylic acids is 2. The zero-order valence-electron chi connectivity index (χ0n) is 15.9. The number of rotatable bonds is 7. The van der Waals surface area contributed by atoms with Crippen molar-refractivity contribution in [1.29, 1.82) is 0 Å². The molecule has 0 saturated heterocycles. The fourth-order valence-corrected chi connectivity index (χ4v) is 3.14. The lowest BCUT2D eigenvalue weighted by molar-refractivity contribution is -0.134. The molecule has 1 N–H and O–H groups in total. The molecule has 130 valence electrons. The lowest BCUT2D eigenvalue weighted by Gasteiger charge is -2.31. The van der Waals surface area contributed by atoms with Crippen LogP contribution in [0.15, 0.2) is 0 Å². The highest BCUT2D eigenvalue weighted by Gasteiger charge is 2.31. The smallest absolute Gasteiger partial charge is 0.312 e. The van der Waals surface area contributed by atoms with E-state index < -0.39 is 5.41 Å². The van der Waals surface area contributed by atoms with Crippen LogP contribution in [-0.2, 0) is 15.0 Å². The van der Waals surface area contributed by atoms with Crippen molar-refractivity contribution in [2.75, 3.05) is 13.6 Å². The van der Waals surface area contributed by atoms with Gasteiger partial charge in [-0.2, -0.15) is 0 Å². The lowest BCUT2D eigenvalue weighted by Crippen LogP contribution is -2.26. The molecular formula is C19H28BNO3. The number of nitrogens with one attached hydrogen (secondary N) is 1. The molecule has 24 heavy (non-hydrogen) atoms. The summed E-state index contributed by atoms with van der Waals surface area (Å²) in [6.45, 7) is 12.5. The molecule has 0 aliphatic carbocycles. The molecule has 2 radical (unpaired) electrons. The van der Waals surface area contributed by atoms with Crippen molar-refractivity contribution in [2.45, 2.75) is 59.8 Å². The van der Waals surface area contributed by atoms with Crippen molar-refractivity contribution in [3.05, 3.63) is 27.8 Å². The maximum Gasteiger partial charge on any atom is 0.312 e. The van der Waals surface area contributed by atoms with Gasteiger partial charge in [0.05, 0.1) is 12.1 Å². The van der Waals surface area contributed by atoms with Gasteiger partial charge >= 0.3 is 5.97 Å². The zero-order chi connectivity index (χ0) is 18.7. The van der Waals surface area contributed by atoms with E-state index in [1.165, 1.54) is 0 Å². The Kier molecular flexibility index (Phi) is 6.79. The molecule has 0 fully saturated rings. The molecule has 0 aromatic heterocycles. The van der Waals surface area contributed by atoms with Crippen molar-refractivity contribution in [3.63, 3.8) is 0 Å². The minimum absolute atomic E-state index is 0.191. The molecule has 1 rings (SSSR count). The van der Waals surface area contributed by atoms with Crippen molar-refractivity contribution in [1.82, 2.24) is 5.32 Å². The highest BCUT2D eigenvalue weighted by molar-refractivity contribution is 6.57. The molecule has 4 nitrogen and oxygen atoms in total. The quantitative estimate of drug-likeness (QED) is 0.475. The van der Waals surface area contributed by atoms with Gasteiger partial charge in [-0.1, -0.05) is 13.8 Å². The van der Waals surface area contributed by atoms with E-state index in [4.69, 9.17) is 12.6 Å². The van der Waals surface area contributed by atoms with Gasteiger partial charge in [0.25, 0.3) is 0 Å². The fraction of sp³-hybridized carbons (Fsp3) is 0.579. The van der Waals surface area contributed by atoms with Gasteiger partial charge in [-0.15, -0.1) is 0 Å². The zero-order valence-corrected chi connectivity index (χ0v) is 15.9. The van der Waals surface area contributed by atoms with Crippen LogP contribution in [-0.4, -0.2) is 33.1 Å². The van der Waals surface area contributed by atoms with Gasteiger partial charge in [0.2, 0.25) is 0 Å². The molecule has 0 atom stereocenters. The van der Waals surface area contributed by atoms with Crippen LogP contribution in [0.5, 0.6) is 5.75 Å². The summed E-state index contributed by atoms with van der Waals surface area (Å²) in [6, 6.07) is 0. The Balaban J connectivity index is 3.49. The summed E-state index contributed by atoms with van der Waals surface area (Å²) in [5, 5.41) is 2.94. The van der Waals surface area contributed by atoms with Gasteiger partial charge in [0.1, 0.15) is 5.75 Å². The number of esters is 1. The predicted octanol–water partition coefficient (Wildman–Crippen LogP) is 2.80. The molecule has 0 aliphatic rings. The molecule has 1 aromatic carbocycles. The van der Waals surface area contributed by atoms with Crippen molar-refractivity contribution in [3.8, 4) is 5.75 Å². The Labute approximate surface area is 146 Å². The average Bonchev–Trinajstić information content (AvgIpc) is 2.46. The third kappa shape index (κ3) is 4.47. The summed E-state index contributed by atoms with van der Waals surface area (Å²) in [4.78, 5) is 23.7. The molecule has 0 unspecified atom stereocenters. The van der Waals surface area contributed by atoms with E-state index in [9.17, 15) is 9.59 Å². The monoisotopic (exact) mass is 329 g/mol. The fourth-order valence-electron chi connectivity index (χ4n) is 3.14. The van der Waals surface area contributed by atoms with Gasteiger partial charge in [-0.05, 0) is 62.4 Å². The van der Waals surface area contributed by atoms with Crippen LogP contribution in [0.2, 0.25) is 0 Å². The van der Waals surface area contributed by atoms with Gasteiger partial charge in [0, 0.05) is 18.5 Å². The van der Waals surface area contributed by atoms with E-state index in [1.807, 2.05) is 41.5 Å². The minimum Gasteiger partial charge on any atom is -0.426 e. The summed E-state index contributed by atoms with van der Waals surface area (Å²) in [5.41, 5.74) is 4.22. The SMILES string of the molecule is [B]C(=O)CC(C)(C)c1c(C)c(C)c(C)c(C)c1OC(=O)CCNC. The number of carbonyl (C=O) groups is 2. The summed E-state index contributed by atoms with van der Waals surface area (Å²) in [5.74, 6) is 0.286. The van der Waals surface area contributed by atoms with Crippen LogP contribution in [0.1, 0.15) is 54.5 Å². The van der Waals surface area contributed by atoms with Crippen LogP contribution >= 0.6 is 0 Å². The molecule has 1 aromatic rings. The van der Waals surface area contributed by atoms with E-state index >= 15 is 0 Å². The molecule has 0 saturated carbocycles. The Morgan fingerprint density at radius 1 is 1.04 bits per heavy atom.